The molecule has 6 heteroatoms. The average molecular weight is 342 g/mol. The average Bonchev–Trinajstić information content (AvgIpc) is 3.12. The number of rotatable bonds is 4. The van der Waals surface area contributed by atoms with Crippen molar-refractivity contribution >= 4 is 6.72 Å². The molecule has 0 spiro atoms. The largest absolute Gasteiger partial charge is 0.330 e. The summed E-state index contributed by atoms with van der Waals surface area (Å²) in [6.07, 6.45) is 4.83. The van der Waals surface area contributed by atoms with E-state index >= 15 is 0 Å². The Morgan fingerprint density at radius 3 is 2.56 bits per heavy atom. The molecule has 0 unspecified atom stereocenters. The maximum Gasteiger partial charge on any atom is 0.0540 e. The highest BCUT2D eigenvalue weighted by atomic mass is 15.3. The maximum atomic E-state index is 4.79. The van der Waals surface area contributed by atoms with Gasteiger partial charge in [0.05, 0.1) is 12.2 Å². The van der Waals surface area contributed by atoms with Gasteiger partial charge in [-0.3, -0.25) is 20.4 Å². The number of nitrogens with one attached hydrogen (secondary N) is 1. The first kappa shape index (κ1) is 20.6. The van der Waals surface area contributed by atoms with Crippen molar-refractivity contribution in [3.05, 3.63) is 65.7 Å². The number of hydrazine groups is 1. The molecule has 1 aliphatic rings. The van der Waals surface area contributed by atoms with Crippen LogP contribution < -0.4 is 11.3 Å². The SMILES string of the molecule is C=N/C=C\NN.CC.Cc1ccc(CN2CCn3nccc3C2)cc1. The molecule has 0 fully saturated rings. The summed E-state index contributed by atoms with van der Waals surface area (Å²) in [7, 11) is 0. The fraction of sp³-hybridized carbons (Fsp3) is 0.368. The van der Waals surface area contributed by atoms with Crippen LogP contribution in [0.3, 0.4) is 0 Å². The van der Waals surface area contributed by atoms with Crippen LogP contribution in [-0.2, 0) is 19.6 Å². The van der Waals surface area contributed by atoms with E-state index in [9.17, 15) is 0 Å². The van der Waals surface area contributed by atoms with Crippen LogP contribution in [0.4, 0.5) is 0 Å². The summed E-state index contributed by atoms with van der Waals surface area (Å²) >= 11 is 0. The van der Waals surface area contributed by atoms with Gasteiger partial charge in [0.1, 0.15) is 0 Å². The number of nitrogens with zero attached hydrogens (tertiary/aromatic N) is 4. The minimum atomic E-state index is 1.01. The molecule has 1 aromatic heterocycles. The van der Waals surface area contributed by atoms with Gasteiger partial charge in [-0.15, -0.1) is 0 Å². The summed E-state index contributed by atoms with van der Waals surface area (Å²) in [5, 5.41) is 4.30. The molecule has 3 rings (SSSR count). The lowest BCUT2D eigenvalue weighted by molar-refractivity contribution is 0.205. The standard InChI is InChI=1S/C14H17N3.C3H7N3.C2H6/c1-12-2-4-13(5-3-12)10-16-8-9-17-14(11-16)6-7-15-17;1-5-2-3-6-4;1-2/h2-7H,8-11H2,1H3;2-3,6H,1,4H2;1-2H3/b;3-2-;. The van der Waals surface area contributed by atoms with Crippen molar-refractivity contribution < 1.29 is 0 Å². The molecule has 6 nitrogen and oxygen atoms in total. The fourth-order valence-electron chi connectivity index (χ4n) is 2.42. The zero-order valence-electron chi connectivity index (χ0n) is 15.5. The molecular formula is C19H30N6. The Morgan fingerprint density at radius 1 is 1.24 bits per heavy atom. The van der Waals surface area contributed by atoms with Crippen molar-refractivity contribution in [2.75, 3.05) is 6.54 Å². The van der Waals surface area contributed by atoms with E-state index in [1.807, 2.05) is 20.0 Å². The molecule has 0 saturated carbocycles. The lowest BCUT2D eigenvalue weighted by Crippen LogP contribution is -2.33. The van der Waals surface area contributed by atoms with Gasteiger partial charge >= 0.3 is 0 Å². The second-order valence-corrected chi connectivity index (χ2v) is 5.41. The fourth-order valence-corrected chi connectivity index (χ4v) is 2.42. The first-order valence-corrected chi connectivity index (χ1v) is 8.58. The number of aromatic nitrogens is 2. The third-order valence-electron chi connectivity index (χ3n) is 3.62. The van der Waals surface area contributed by atoms with E-state index in [2.05, 4.69) is 69.1 Å². The molecule has 0 amide bonds. The van der Waals surface area contributed by atoms with E-state index in [4.69, 9.17) is 5.84 Å². The molecule has 1 aliphatic heterocycles. The van der Waals surface area contributed by atoms with E-state index in [1.54, 1.807) is 0 Å². The molecule has 0 aliphatic carbocycles. The number of benzene rings is 1. The molecule has 1 aromatic carbocycles. The summed E-state index contributed by atoms with van der Waals surface area (Å²) in [6, 6.07) is 10.9. The zero-order valence-corrected chi connectivity index (χ0v) is 15.5. The van der Waals surface area contributed by atoms with Gasteiger partial charge < -0.3 is 5.43 Å². The lowest BCUT2D eigenvalue weighted by atomic mass is 10.1. The lowest BCUT2D eigenvalue weighted by Gasteiger charge is -2.27. The summed E-state index contributed by atoms with van der Waals surface area (Å²) in [5.41, 5.74) is 6.29. The minimum Gasteiger partial charge on any atom is -0.330 e. The second kappa shape index (κ2) is 12.0. The number of hydrogen-bond acceptors (Lipinski definition) is 5. The minimum absolute atomic E-state index is 1.01. The molecule has 25 heavy (non-hydrogen) atoms. The van der Waals surface area contributed by atoms with Crippen LogP contribution in [0.1, 0.15) is 30.7 Å². The first-order chi connectivity index (χ1) is 12.2. The number of hydrogen-bond donors (Lipinski definition) is 2. The first-order valence-electron chi connectivity index (χ1n) is 8.58. The van der Waals surface area contributed by atoms with Crippen LogP contribution in [0.2, 0.25) is 0 Å². The summed E-state index contributed by atoms with van der Waals surface area (Å²) in [4.78, 5) is 5.83. The van der Waals surface area contributed by atoms with Crippen molar-refractivity contribution in [1.82, 2.24) is 20.1 Å². The molecule has 0 atom stereocenters. The third-order valence-corrected chi connectivity index (χ3v) is 3.62. The molecular weight excluding hydrogens is 312 g/mol. The van der Waals surface area contributed by atoms with Gasteiger partial charge in [-0.25, -0.2) is 0 Å². The third kappa shape index (κ3) is 7.32. The number of aryl methyl sites for hydroxylation is 1. The normalized spacial score (nSPS) is 13.1. The van der Waals surface area contributed by atoms with E-state index in [0.717, 1.165) is 26.2 Å². The summed E-state index contributed by atoms with van der Waals surface area (Å²) < 4.78 is 2.10. The van der Waals surface area contributed by atoms with Gasteiger partial charge in [-0.1, -0.05) is 43.7 Å². The van der Waals surface area contributed by atoms with Crippen molar-refractivity contribution in [3.8, 4) is 0 Å². The van der Waals surface area contributed by atoms with Crippen LogP contribution in [-0.4, -0.2) is 27.9 Å². The van der Waals surface area contributed by atoms with E-state index in [1.165, 1.54) is 29.2 Å². The van der Waals surface area contributed by atoms with Gasteiger partial charge in [0.25, 0.3) is 0 Å². The molecule has 2 heterocycles. The van der Waals surface area contributed by atoms with Crippen LogP contribution >= 0.6 is 0 Å². The second-order valence-electron chi connectivity index (χ2n) is 5.41. The predicted molar refractivity (Wildman–Crippen MR) is 105 cm³/mol. The number of fused-ring (bicyclic) bond motifs is 1. The maximum absolute atomic E-state index is 4.79. The van der Waals surface area contributed by atoms with Gasteiger partial charge in [0.15, 0.2) is 0 Å². The monoisotopic (exact) mass is 342 g/mol. The Labute approximate surface area is 151 Å². The highest BCUT2D eigenvalue weighted by Gasteiger charge is 2.15. The molecule has 3 N–H and O–H groups in total. The van der Waals surface area contributed by atoms with Gasteiger partial charge in [-0.2, -0.15) is 5.10 Å². The quantitative estimate of drug-likeness (QED) is 0.509. The van der Waals surface area contributed by atoms with E-state index in [0.29, 0.717) is 0 Å². The van der Waals surface area contributed by atoms with Crippen molar-refractivity contribution in [3.63, 3.8) is 0 Å². The Morgan fingerprint density at radius 2 is 1.96 bits per heavy atom. The molecule has 0 radical (unpaired) electrons. The predicted octanol–water partition coefficient (Wildman–Crippen LogP) is 2.86. The van der Waals surface area contributed by atoms with Crippen molar-refractivity contribution in [2.45, 2.75) is 40.4 Å². The Bertz CT molecular complexity index is 630. The molecule has 2 aromatic rings. The smallest absolute Gasteiger partial charge is 0.0540 e. The molecule has 0 saturated heterocycles. The Kier molecular flexibility index (Phi) is 9.89. The number of nitrogens with two attached hydrogens (primary N) is 1. The topological polar surface area (TPSA) is 71.5 Å². The van der Waals surface area contributed by atoms with Gasteiger partial charge in [0.2, 0.25) is 0 Å². The highest BCUT2D eigenvalue weighted by molar-refractivity contribution is 5.25. The number of aliphatic imine (C=N–C) groups is 1. The highest BCUT2D eigenvalue weighted by Crippen LogP contribution is 2.14. The summed E-state index contributed by atoms with van der Waals surface area (Å²) in [6.45, 7) is 13.4. The Hall–Kier alpha value is -2.44. The van der Waals surface area contributed by atoms with E-state index in [-0.39, 0.29) is 0 Å². The summed E-state index contributed by atoms with van der Waals surface area (Å²) in [5.74, 6) is 4.79. The van der Waals surface area contributed by atoms with Gasteiger partial charge in [-0.05, 0) is 25.3 Å². The van der Waals surface area contributed by atoms with Crippen molar-refractivity contribution in [1.29, 1.82) is 0 Å². The van der Waals surface area contributed by atoms with Crippen molar-refractivity contribution in [2.24, 2.45) is 10.8 Å². The van der Waals surface area contributed by atoms with Gasteiger partial charge in [0, 0.05) is 38.2 Å². The van der Waals surface area contributed by atoms with Crippen LogP contribution in [0, 0.1) is 6.92 Å². The Balaban J connectivity index is 0.000000335. The van der Waals surface area contributed by atoms with E-state index < -0.39 is 0 Å². The van der Waals surface area contributed by atoms with Crippen LogP contribution in [0.15, 0.2) is 53.9 Å². The zero-order chi connectivity index (χ0) is 18.5. The molecule has 0 bridgehead atoms. The van der Waals surface area contributed by atoms with Crippen LogP contribution in [0.25, 0.3) is 0 Å². The van der Waals surface area contributed by atoms with Crippen LogP contribution in [0.5, 0.6) is 0 Å². The molecule has 136 valence electrons.